The maximum Gasteiger partial charge on any atom is 0.149 e. The maximum atomic E-state index is 8.73. The minimum atomic E-state index is -0.0403. The lowest BCUT2D eigenvalue weighted by atomic mass is 10.2. The summed E-state index contributed by atoms with van der Waals surface area (Å²) in [6.45, 7) is 3.85. The summed E-state index contributed by atoms with van der Waals surface area (Å²) in [7, 11) is 0. The molecule has 2 aromatic rings. The third-order valence-corrected chi connectivity index (χ3v) is 2.59. The first-order valence-corrected chi connectivity index (χ1v) is 5.58. The average molecular weight is 242 g/mol. The van der Waals surface area contributed by atoms with E-state index in [9.17, 15) is 0 Å². The van der Waals surface area contributed by atoms with Crippen molar-refractivity contribution < 1.29 is 4.42 Å². The molecule has 0 saturated heterocycles. The molecule has 18 heavy (non-hydrogen) atoms. The largest absolute Gasteiger partial charge is 0.464 e. The molecule has 0 bridgehead atoms. The van der Waals surface area contributed by atoms with Crippen LogP contribution in [0.15, 0.2) is 28.8 Å². The average Bonchev–Trinajstić information content (AvgIpc) is 2.78. The van der Waals surface area contributed by atoms with E-state index < -0.39 is 0 Å². The van der Waals surface area contributed by atoms with Gasteiger partial charge in [-0.05, 0) is 32.0 Å². The summed E-state index contributed by atoms with van der Waals surface area (Å²) in [6, 6.07) is 7.36. The number of aromatic nitrogens is 1. The SMILES string of the molecule is Cc1ccc(C(C)Nc2ncc(C#N)cc2N)o1. The Kier molecular flexibility index (Phi) is 3.20. The monoisotopic (exact) mass is 242 g/mol. The Morgan fingerprint density at radius 3 is 2.83 bits per heavy atom. The second kappa shape index (κ2) is 4.80. The summed E-state index contributed by atoms with van der Waals surface area (Å²) >= 11 is 0. The van der Waals surface area contributed by atoms with E-state index >= 15 is 0 Å². The molecule has 3 N–H and O–H groups in total. The summed E-state index contributed by atoms with van der Waals surface area (Å²) in [5, 5.41) is 11.9. The zero-order chi connectivity index (χ0) is 13.1. The van der Waals surface area contributed by atoms with E-state index in [-0.39, 0.29) is 6.04 Å². The smallest absolute Gasteiger partial charge is 0.149 e. The number of nitrogens with zero attached hydrogens (tertiary/aromatic N) is 2. The molecule has 2 aromatic heterocycles. The highest BCUT2D eigenvalue weighted by molar-refractivity contribution is 5.63. The van der Waals surface area contributed by atoms with E-state index in [0.717, 1.165) is 11.5 Å². The van der Waals surface area contributed by atoms with Gasteiger partial charge in [0.15, 0.2) is 0 Å². The van der Waals surface area contributed by atoms with Crippen molar-refractivity contribution in [3.05, 3.63) is 41.5 Å². The van der Waals surface area contributed by atoms with Crippen LogP contribution in [-0.2, 0) is 0 Å². The fourth-order valence-electron chi connectivity index (χ4n) is 1.63. The van der Waals surface area contributed by atoms with E-state index in [0.29, 0.717) is 17.1 Å². The minimum absolute atomic E-state index is 0.0403. The normalized spacial score (nSPS) is 11.8. The highest BCUT2D eigenvalue weighted by Crippen LogP contribution is 2.23. The number of hydrogen-bond donors (Lipinski definition) is 2. The molecule has 0 aliphatic heterocycles. The minimum Gasteiger partial charge on any atom is -0.464 e. The Labute approximate surface area is 105 Å². The number of aryl methyl sites for hydroxylation is 1. The van der Waals surface area contributed by atoms with Crippen LogP contribution in [0, 0.1) is 18.3 Å². The van der Waals surface area contributed by atoms with Gasteiger partial charge in [-0.3, -0.25) is 0 Å². The van der Waals surface area contributed by atoms with Crippen molar-refractivity contribution in [2.75, 3.05) is 11.1 Å². The van der Waals surface area contributed by atoms with Crippen molar-refractivity contribution in [2.45, 2.75) is 19.9 Å². The van der Waals surface area contributed by atoms with Crippen molar-refractivity contribution in [3.8, 4) is 6.07 Å². The Morgan fingerprint density at radius 2 is 2.28 bits per heavy atom. The zero-order valence-electron chi connectivity index (χ0n) is 10.3. The molecule has 1 unspecified atom stereocenters. The van der Waals surface area contributed by atoms with Gasteiger partial charge in [-0.1, -0.05) is 0 Å². The van der Waals surface area contributed by atoms with Gasteiger partial charge in [0.05, 0.1) is 17.3 Å². The number of rotatable bonds is 3. The molecular weight excluding hydrogens is 228 g/mol. The molecule has 0 aromatic carbocycles. The molecule has 5 nitrogen and oxygen atoms in total. The lowest BCUT2D eigenvalue weighted by Gasteiger charge is -2.13. The van der Waals surface area contributed by atoms with Gasteiger partial charge in [0.2, 0.25) is 0 Å². The van der Waals surface area contributed by atoms with Crippen molar-refractivity contribution in [2.24, 2.45) is 0 Å². The summed E-state index contributed by atoms with van der Waals surface area (Å²) in [5.74, 6) is 2.23. The third kappa shape index (κ3) is 2.43. The van der Waals surface area contributed by atoms with Gasteiger partial charge in [-0.15, -0.1) is 0 Å². The van der Waals surface area contributed by atoms with E-state index in [1.807, 2.05) is 32.0 Å². The van der Waals surface area contributed by atoms with Crippen molar-refractivity contribution in [3.63, 3.8) is 0 Å². The number of pyridine rings is 1. The van der Waals surface area contributed by atoms with E-state index in [1.54, 1.807) is 6.07 Å². The molecule has 0 fully saturated rings. The van der Waals surface area contributed by atoms with Gasteiger partial charge in [-0.25, -0.2) is 4.98 Å². The molecule has 0 saturated carbocycles. The number of anilines is 2. The standard InChI is InChI=1S/C13H14N4O/c1-8-3-4-12(18-8)9(2)17-13-11(15)5-10(6-14)7-16-13/h3-5,7,9H,15H2,1-2H3,(H,16,17). The fourth-order valence-corrected chi connectivity index (χ4v) is 1.63. The number of nitrogens with one attached hydrogen (secondary N) is 1. The van der Waals surface area contributed by atoms with Crippen molar-refractivity contribution >= 4 is 11.5 Å². The van der Waals surface area contributed by atoms with Gasteiger partial charge in [-0.2, -0.15) is 5.26 Å². The maximum absolute atomic E-state index is 8.73. The molecular formula is C13H14N4O. The molecule has 0 radical (unpaired) electrons. The van der Waals surface area contributed by atoms with Crippen molar-refractivity contribution in [1.82, 2.24) is 4.98 Å². The van der Waals surface area contributed by atoms with Gasteiger partial charge >= 0.3 is 0 Å². The topological polar surface area (TPSA) is 87.9 Å². The first-order valence-electron chi connectivity index (χ1n) is 5.58. The lowest BCUT2D eigenvalue weighted by Crippen LogP contribution is -2.09. The van der Waals surface area contributed by atoms with Crippen LogP contribution < -0.4 is 11.1 Å². The van der Waals surface area contributed by atoms with Gasteiger partial charge < -0.3 is 15.5 Å². The molecule has 0 amide bonds. The molecule has 0 aliphatic carbocycles. The molecule has 2 heterocycles. The first kappa shape index (κ1) is 12.0. The van der Waals surface area contributed by atoms with Crippen LogP contribution in [0.25, 0.3) is 0 Å². The van der Waals surface area contributed by atoms with Gasteiger partial charge in [0, 0.05) is 6.20 Å². The van der Waals surface area contributed by atoms with Crippen LogP contribution >= 0.6 is 0 Å². The van der Waals surface area contributed by atoms with Gasteiger partial charge in [0.1, 0.15) is 23.4 Å². The molecule has 92 valence electrons. The Bertz CT molecular complexity index is 597. The summed E-state index contributed by atoms with van der Waals surface area (Å²) in [4.78, 5) is 4.12. The van der Waals surface area contributed by atoms with Crippen LogP contribution in [-0.4, -0.2) is 4.98 Å². The highest BCUT2D eigenvalue weighted by Gasteiger charge is 2.11. The van der Waals surface area contributed by atoms with E-state index in [2.05, 4.69) is 10.3 Å². The fraction of sp³-hybridized carbons (Fsp3) is 0.231. The van der Waals surface area contributed by atoms with Crippen LogP contribution in [0.5, 0.6) is 0 Å². The van der Waals surface area contributed by atoms with Gasteiger partial charge in [0.25, 0.3) is 0 Å². The Hall–Kier alpha value is -2.48. The quantitative estimate of drug-likeness (QED) is 0.863. The van der Waals surface area contributed by atoms with Crippen molar-refractivity contribution in [1.29, 1.82) is 5.26 Å². The number of nitriles is 1. The lowest BCUT2D eigenvalue weighted by molar-refractivity contribution is 0.466. The number of nitrogens with two attached hydrogens (primary N) is 1. The predicted molar refractivity (Wildman–Crippen MR) is 68.8 cm³/mol. The van der Waals surface area contributed by atoms with Crippen LogP contribution in [0.3, 0.4) is 0 Å². The Morgan fingerprint density at radius 1 is 1.50 bits per heavy atom. The number of hydrogen-bond acceptors (Lipinski definition) is 5. The third-order valence-electron chi connectivity index (χ3n) is 2.59. The first-order chi connectivity index (χ1) is 8.60. The van der Waals surface area contributed by atoms with Crippen LogP contribution in [0.1, 0.15) is 30.0 Å². The number of nitrogen functional groups attached to an aromatic ring is 1. The summed E-state index contributed by atoms with van der Waals surface area (Å²) in [6.07, 6.45) is 1.48. The second-order valence-electron chi connectivity index (χ2n) is 4.09. The zero-order valence-corrected chi connectivity index (χ0v) is 10.3. The molecule has 0 spiro atoms. The second-order valence-corrected chi connectivity index (χ2v) is 4.09. The van der Waals surface area contributed by atoms with E-state index in [1.165, 1.54) is 6.20 Å². The summed E-state index contributed by atoms with van der Waals surface area (Å²) in [5.41, 5.74) is 6.71. The van der Waals surface area contributed by atoms with Crippen LogP contribution in [0.2, 0.25) is 0 Å². The molecule has 2 rings (SSSR count). The van der Waals surface area contributed by atoms with E-state index in [4.69, 9.17) is 15.4 Å². The molecule has 1 atom stereocenters. The molecule has 5 heteroatoms. The predicted octanol–water partition coefficient (Wildman–Crippen LogP) is 2.61. The molecule has 0 aliphatic rings. The van der Waals surface area contributed by atoms with Crippen LogP contribution in [0.4, 0.5) is 11.5 Å². The Balaban J connectivity index is 2.17. The number of furan rings is 1. The highest BCUT2D eigenvalue weighted by atomic mass is 16.3. The summed E-state index contributed by atoms with van der Waals surface area (Å²) < 4.78 is 5.52.